The van der Waals surface area contributed by atoms with E-state index in [4.69, 9.17) is 4.74 Å². The predicted molar refractivity (Wildman–Crippen MR) is 85.3 cm³/mol. The SMILES string of the molecule is CCCOc1ccc(C=Nc2ccc(Br)cc2)c(O)c1. The van der Waals surface area contributed by atoms with Crippen molar-refractivity contribution in [2.45, 2.75) is 13.3 Å². The molecule has 0 aliphatic carbocycles. The lowest BCUT2D eigenvalue weighted by molar-refractivity contribution is 0.315. The van der Waals surface area contributed by atoms with E-state index in [1.807, 2.05) is 37.3 Å². The molecule has 0 aliphatic heterocycles. The summed E-state index contributed by atoms with van der Waals surface area (Å²) < 4.78 is 6.47. The summed E-state index contributed by atoms with van der Waals surface area (Å²) >= 11 is 3.38. The predicted octanol–water partition coefficient (Wildman–Crippen LogP) is 4.69. The number of ether oxygens (including phenoxy) is 1. The summed E-state index contributed by atoms with van der Waals surface area (Å²) in [5.41, 5.74) is 1.50. The monoisotopic (exact) mass is 333 g/mol. The molecular formula is C16H16BrNO2. The first-order chi connectivity index (χ1) is 9.69. The molecule has 1 N–H and O–H groups in total. The van der Waals surface area contributed by atoms with E-state index in [1.165, 1.54) is 0 Å². The Morgan fingerprint density at radius 2 is 1.95 bits per heavy atom. The topological polar surface area (TPSA) is 41.8 Å². The maximum atomic E-state index is 9.93. The van der Waals surface area contributed by atoms with Gasteiger partial charge in [0.15, 0.2) is 0 Å². The molecule has 3 nitrogen and oxygen atoms in total. The first kappa shape index (κ1) is 14.6. The molecule has 2 aromatic rings. The molecule has 0 radical (unpaired) electrons. The van der Waals surface area contributed by atoms with Crippen LogP contribution in [0.4, 0.5) is 5.69 Å². The second-order valence-corrected chi connectivity index (χ2v) is 5.22. The smallest absolute Gasteiger partial charge is 0.128 e. The Balaban J connectivity index is 2.11. The van der Waals surface area contributed by atoms with E-state index < -0.39 is 0 Å². The fourth-order valence-corrected chi connectivity index (χ4v) is 1.88. The van der Waals surface area contributed by atoms with Gasteiger partial charge >= 0.3 is 0 Å². The lowest BCUT2D eigenvalue weighted by atomic mass is 10.2. The van der Waals surface area contributed by atoms with Crippen LogP contribution in [0.15, 0.2) is 51.9 Å². The van der Waals surface area contributed by atoms with Crippen LogP contribution in [0, 0.1) is 0 Å². The summed E-state index contributed by atoms with van der Waals surface area (Å²) in [5, 5.41) is 9.93. The van der Waals surface area contributed by atoms with Crippen LogP contribution in [-0.4, -0.2) is 17.9 Å². The lowest BCUT2D eigenvalue weighted by Gasteiger charge is -2.06. The molecule has 2 aromatic carbocycles. The highest BCUT2D eigenvalue weighted by atomic mass is 79.9. The molecule has 0 spiro atoms. The number of benzene rings is 2. The maximum absolute atomic E-state index is 9.93. The lowest BCUT2D eigenvalue weighted by Crippen LogP contribution is -1.95. The molecule has 20 heavy (non-hydrogen) atoms. The van der Waals surface area contributed by atoms with Gasteiger partial charge in [-0.2, -0.15) is 0 Å². The van der Waals surface area contributed by atoms with E-state index in [2.05, 4.69) is 20.9 Å². The van der Waals surface area contributed by atoms with Crippen LogP contribution in [0.25, 0.3) is 0 Å². The molecule has 0 aromatic heterocycles. The maximum Gasteiger partial charge on any atom is 0.128 e. The Bertz CT molecular complexity index is 594. The number of phenolic OH excluding ortho intramolecular Hbond substituents is 1. The van der Waals surface area contributed by atoms with E-state index in [0.717, 1.165) is 16.6 Å². The molecule has 0 amide bonds. The molecule has 0 aliphatic rings. The van der Waals surface area contributed by atoms with Crippen molar-refractivity contribution in [3.8, 4) is 11.5 Å². The van der Waals surface area contributed by atoms with Crippen molar-refractivity contribution in [2.24, 2.45) is 4.99 Å². The van der Waals surface area contributed by atoms with Crippen molar-refractivity contribution in [1.82, 2.24) is 0 Å². The van der Waals surface area contributed by atoms with Gasteiger partial charge in [0.2, 0.25) is 0 Å². The highest BCUT2D eigenvalue weighted by Crippen LogP contribution is 2.23. The molecule has 0 saturated carbocycles. The molecule has 0 atom stereocenters. The van der Waals surface area contributed by atoms with Gasteiger partial charge in [0.1, 0.15) is 11.5 Å². The molecular weight excluding hydrogens is 318 g/mol. The van der Waals surface area contributed by atoms with Crippen molar-refractivity contribution < 1.29 is 9.84 Å². The van der Waals surface area contributed by atoms with Crippen LogP contribution in [0.2, 0.25) is 0 Å². The van der Waals surface area contributed by atoms with E-state index in [1.54, 1.807) is 18.3 Å². The zero-order valence-electron chi connectivity index (χ0n) is 11.2. The average Bonchev–Trinajstić information content (AvgIpc) is 2.46. The van der Waals surface area contributed by atoms with Crippen LogP contribution >= 0.6 is 15.9 Å². The van der Waals surface area contributed by atoms with Crippen molar-refractivity contribution in [2.75, 3.05) is 6.61 Å². The highest BCUT2D eigenvalue weighted by Gasteiger charge is 2.01. The van der Waals surface area contributed by atoms with Gasteiger partial charge in [0.25, 0.3) is 0 Å². The number of hydrogen-bond donors (Lipinski definition) is 1. The summed E-state index contributed by atoms with van der Waals surface area (Å²) in [6, 6.07) is 12.9. The fraction of sp³-hybridized carbons (Fsp3) is 0.188. The first-order valence-corrected chi connectivity index (χ1v) is 7.24. The van der Waals surface area contributed by atoms with Crippen molar-refractivity contribution >= 4 is 27.8 Å². The number of aromatic hydroxyl groups is 1. The van der Waals surface area contributed by atoms with Gasteiger partial charge in [-0.25, -0.2) is 0 Å². The van der Waals surface area contributed by atoms with Gasteiger partial charge in [0, 0.05) is 22.3 Å². The third kappa shape index (κ3) is 4.10. The summed E-state index contributed by atoms with van der Waals surface area (Å²) in [6.45, 7) is 2.69. The third-order valence-electron chi connectivity index (χ3n) is 2.65. The van der Waals surface area contributed by atoms with E-state index in [-0.39, 0.29) is 5.75 Å². The van der Waals surface area contributed by atoms with E-state index in [0.29, 0.717) is 17.9 Å². The zero-order valence-corrected chi connectivity index (χ0v) is 12.8. The molecule has 0 heterocycles. The molecule has 0 unspecified atom stereocenters. The van der Waals surface area contributed by atoms with Crippen molar-refractivity contribution in [3.63, 3.8) is 0 Å². The standard InChI is InChI=1S/C16H16BrNO2/c1-2-9-20-15-8-3-12(16(19)10-15)11-18-14-6-4-13(17)5-7-14/h3-8,10-11,19H,2,9H2,1H3. The Labute approximate surface area is 127 Å². The van der Waals surface area contributed by atoms with Gasteiger partial charge in [-0.05, 0) is 42.8 Å². The molecule has 2 rings (SSSR count). The zero-order chi connectivity index (χ0) is 14.4. The Kier molecular flexibility index (Phi) is 5.18. The summed E-state index contributed by atoms with van der Waals surface area (Å²) in [7, 11) is 0. The number of phenols is 1. The average molecular weight is 334 g/mol. The largest absolute Gasteiger partial charge is 0.507 e. The van der Waals surface area contributed by atoms with Crippen LogP contribution in [-0.2, 0) is 0 Å². The number of rotatable bonds is 5. The van der Waals surface area contributed by atoms with Crippen LogP contribution in [0.5, 0.6) is 11.5 Å². The van der Waals surface area contributed by atoms with Gasteiger partial charge in [-0.1, -0.05) is 22.9 Å². The Hall–Kier alpha value is -1.81. The summed E-state index contributed by atoms with van der Waals surface area (Å²) in [4.78, 5) is 4.32. The van der Waals surface area contributed by atoms with Crippen LogP contribution in [0.3, 0.4) is 0 Å². The van der Waals surface area contributed by atoms with Gasteiger partial charge in [0.05, 0.1) is 12.3 Å². The van der Waals surface area contributed by atoms with Gasteiger partial charge in [-0.15, -0.1) is 0 Å². The minimum atomic E-state index is 0.166. The summed E-state index contributed by atoms with van der Waals surface area (Å²) in [6.07, 6.45) is 2.58. The molecule has 104 valence electrons. The number of hydrogen-bond acceptors (Lipinski definition) is 3. The van der Waals surface area contributed by atoms with Crippen molar-refractivity contribution in [1.29, 1.82) is 0 Å². The quantitative estimate of drug-likeness (QED) is 0.806. The first-order valence-electron chi connectivity index (χ1n) is 6.44. The minimum Gasteiger partial charge on any atom is -0.507 e. The second kappa shape index (κ2) is 7.10. The molecule has 0 saturated heterocycles. The Morgan fingerprint density at radius 3 is 2.60 bits per heavy atom. The molecule has 4 heteroatoms. The summed E-state index contributed by atoms with van der Waals surface area (Å²) in [5.74, 6) is 0.838. The van der Waals surface area contributed by atoms with E-state index >= 15 is 0 Å². The Morgan fingerprint density at radius 1 is 1.20 bits per heavy atom. The van der Waals surface area contributed by atoms with Crippen LogP contribution in [0.1, 0.15) is 18.9 Å². The second-order valence-electron chi connectivity index (χ2n) is 4.30. The molecule has 0 fully saturated rings. The van der Waals surface area contributed by atoms with Gasteiger partial charge < -0.3 is 9.84 Å². The van der Waals surface area contributed by atoms with Crippen molar-refractivity contribution in [3.05, 3.63) is 52.5 Å². The van der Waals surface area contributed by atoms with E-state index in [9.17, 15) is 5.11 Å². The highest BCUT2D eigenvalue weighted by molar-refractivity contribution is 9.10. The fourth-order valence-electron chi connectivity index (χ4n) is 1.61. The van der Waals surface area contributed by atoms with Gasteiger partial charge in [-0.3, -0.25) is 4.99 Å². The number of halogens is 1. The number of nitrogens with zero attached hydrogens (tertiary/aromatic N) is 1. The van der Waals surface area contributed by atoms with Crippen LogP contribution < -0.4 is 4.74 Å². The molecule has 0 bridgehead atoms. The minimum absolute atomic E-state index is 0.166. The number of aliphatic imine (C=N–C) groups is 1. The third-order valence-corrected chi connectivity index (χ3v) is 3.18. The normalized spacial score (nSPS) is 10.9.